The second kappa shape index (κ2) is 3.70. The zero-order valence-electron chi connectivity index (χ0n) is 7.16. The molecule has 3 nitrogen and oxygen atoms in total. The summed E-state index contributed by atoms with van der Waals surface area (Å²) in [5.74, 6) is 0.159. The summed E-state index contributed by atoms with van der Waals surface area (Å²) in [5, 5.41) is 3.18. The highest BCUT2D eigenvalue weighted by molar-refractivity contribution is 5.11. The number of hydrogen-bond acceptors (Lipinski definition) is 3. The fourth-order valence-corrected chi connectivity index (χ4v) is 1.33. The van der Waals surface area contributed by atoms with Crippen LogP contribution in [0.5, 0.6) is 5.88 Å². The molecular formula is C9H11FN2O. The minimum Gasteiger partial charge on any atom is -0.473 e. The highest BCUT2D eigenvalue weighted by atomic mass is 19.1. The fraction of sp³-hybridized carbons (Fsp3) is 0.444. The van der Waals surface area contributed by atoms with Crippen molar-refractivity contribution in [3.05, 3.63) is 24.1 Å². The monoisotopic (exact) mass is 182 g/mol. The lowest BCUT2D eigenvalue weighted by Gasteiger charge is -2.10. The van der Waals surface area contributed by atoms with E-state index in [-0.39, 0.29) is 11.9 Å². The zero-order chi connectivity index (χ0) is 9.10. The molecule has 0 radical (unpaired) electrons. The molecule has 0 aliphatic carbocycles. The second-order valence-electron chi connectivity index (χ2n) is 3.05. The molecule has 70 valence electrons. The number of rotatable bonds is 2. The second-order valence-corrected chi connectivity index (χ2v) is 3.05. The number of halogens is 1. The van der Waals surface area contributed by atoms with Gasteiger partial charge >= 0.3 is 0 Å². The third-order valence-electron chi connectivity index (χ3n) is 2.00. The standard InChI is InChI=1S/C9H11FN2O/c10-7-1-2-9(12-5-7)13-8-3-4-11-6-8/h1-2,5,8,11H,3-4,6H2. The van der Waals surface area contributed by atoms with Crippen molar-refractivity contribution >= 4 is 0 Å². The maximum Gasteiger partial charge on any atom is 0.213 e. The first-order chi connectivity index (χ1) is 6.34. The lowest BCUT2D eigenvalue weighted by molar-refractivity contribution is 0.213. The lowest BCUT2D eigenvalue weighted by atomic mass is 10.3. The maximum atomic E-state index is 12.5. The molecule has 1 unspecified atom stereocenters. The Bertz CT molecular complexity index is 269. The number of nitrogens with one attached hydrogen (secondary N) is 1. The lowest BCUT2D eigenvalue weighted by Crippen LogP contribution is -2.19. The summed E-state index contributed by atoms with van der Waals surface area (Å²) >= 11 is 0. The van der Waals surface area contributed by atoms with E-state index in [4.69, 9.17) is 4.74 Å². The summed E-state index contributed by atoms with van der Waals surface area (Å²) in [6, 6.07) is 2.90. The van der Waals surface area contributed by atoms with Gasteiger partial charge in [0.25, 0.3) is 0 Å². The van der Waals surface area contributed by atoms with Gasteiger partial charge in [-0.2, -0.15) is 0 Å². The molecule has 2 heterocycles. The van der Waals surface area contributed by atoms with Gasteiger partial charge in [0.1, 0.15) is 11.9 Å². The summed E-state index contributed by atoms with van der Waals surface area (Å²) in [6.45, 7) is 1.82. The van der Waals surface area contributed by atoms with E-state index in [9.17, 15) is 4.39 Å². The fourth-order valence-electron chi connectivity index (χ4n) is 1.33. The zero-order valence-corrected chi connectivity index (χ0v) is 7.16. The van der Waals surface area contributed by atoms with E-state index in [1.54, 1.807) is 6.07 Å². The number of pyridine rings is 1. The third-order valence-corrected chi connectivity index (χ3v) is 2.00. The van der Waals surface area contributed by atoms with E-state index in [0.29, 0.717) is 5.88 Å². The predicted octanol–water partition coefficient (Wildman–Crippen LogP) is 0.961. The Morgan fingerprint density at radius 1 is 1.54 bits per heavy atom. The van der Waals surface area contributed by atoms with Crippen molar-refractivity contribution in [2.24, 2.45) is 0 Å². The topological polar surface area (TPSA) is 34.1 Å². The largest absolute Gasteiger partial charge is 0.473 e. The van der Waals surface area contributed by atoms with E-state index in [0.717, 1.165) is 25.7 Å². The van der Waals surface area contributed by atoms with E-state index in [2.05, 4.69) is 10.3 Å². The molecule has 1 fully saturated rings. The molecule has 0 saturated carbocycles. The van der Waals surface area contributed by atoms with Crippen LogP contribution in [0.4, 0.5) is 4.39 Å². The summed E-state index contributed by atoms with van der Waals surface area (Å²) in [4.78, 5) is 3.82. The average molecular weight is 182 g/mol. The Morgan fingerprint density at radius 2 is 2.46 bits per heavy atom. The molecule has 1 aliphatic heterocycles. The van der Waals surface area contributed by atoms with Gasteiger partial charge in [-0.3, -0.25) is 0 Å². The molecule has 4 heteroatoms. The van der Waals surface area contributed by atoms with Crippen LogP contribution in [-0.2, 0) is 0 Å². The van der Waals surface area contributed by atoms with Crippen molar-refractivity contribution in [3.63, 3.8) is 0 Å². The number of hydrogen-bond donors (Lipinski definition) is 1. The molecule has 13 heavy (non-hydrogen) atoms. The molecule has 1 aromatic heterocycles. The van der Waals surface area contributed by atoms with Crippen LogP contribution in [0.15, 0.2) is 18.3 Å². The minimum atomic E-state index is -0.336. The van der Waals surface area contributed by atoms with Crippen molar-refractivity contribution in [1.82, 2.24) is 10.3 Å². The Kier molecular flexibility index (Phi) is 2.40. The molecule has 0 bridgehead atoms. The first-order valence-corrected chi connectivity index (χ1v) is 4.33. The van der Waals surface area contributed by atoms with Crippen molar-refractivity contribution in [2.45, 2.75) is 12.5 Å². The van der Waals surface area contributed by atoms with Gasteiger partial charge in [-0.15, -0.1) is 0 Å². The SMILES string of the molecule is Fc1ccc(OC2CCNC2)nc1. The first kappa shape index (κ1) is 8.44. The Labute approximate surface area is 75.9 Å². The normalized spacial score (nSPS) is 21.8. The average Bonchev–Trinajstić information content (AvgIpc) is 2.62. The minimum absolute atomic E-state index is 0.179. The van der Waals surface area contributed by atoms with Gasteiger partial charge in [-0.05, 0) is 19.0 Å². The molecular weight excluding hydrogens is 171 g/mol. The van der Waals surface area contributed by atoms with Crippen molar-refractivity contribution < 1.29 is 9.13 Å². The molecule has 1 saturated heterocycles. The van der Waals surface area contributed by atoms with Crippen LogP contribution in [0.3, 0.4) is 0 Å². The number of aromatic nitrogens is 1. The maximum absolute atomic E-state index is 12.5. The van der Waals surface area contributed by atoms with Crippen LogP contribution >= 0.6 is 0 Å². The Balaban J connectivity index is 1.97. The van der Waals surface area contributed by atoms with E-state index < -0.39 is 0 Å². The van der Waals surface area contributed by atoms with Gasteiger partial charge in [0.15, 0.2) is 0 Å². The van der Waals surface area contributed by atoms with Gasteiger partial charge in [-0.1, -0.05) is 0 Å². The van der Waals surface area contributed by atoms with Crippen LogP contribution in [-0.4, -0.2) is 24.2 Å². The molecule has 0 aromatic carbocycles. The summed E-state index contributed by atoms with van der Waals surface area (Å²) in [7, 11) is 0. The number of ether oxygens (including phenoxy) is 1. The van der Waals surface area contributed by atoms with Crippen LogP contribution in [0.1, 0.15) is 6.42 Å². The molecule has 0 amide bonds. The molecule has 1 aromatic rings. The van der Waals surface area contributed by atoms with Crippen LogP contribution < -0.4 is 10.1 Å². The Hall–Kier alpha value is -1.16. The van der Waals surface area contributed by atoms with Gasteiger partial charge < -0.3 is 10.1 Å². The highest BCUT2D eigenvalue weighted by Gasteiger charge is 2.15. The van der Waals surface area contributed by atoms with Crippen LogP contribution in [0.25, 0.3) is 0 Å². The van der Waals surface area contributed by atoms with Crippen molar-refractivity contribution in [2.75, 3.05) is 13.1 Å². The van der Waals surface area contributed by atoms with Gasteiger partial charge in [0, 0.05) is 12.6 Å². The van der Waals surface area contributed by atoms with Crippen molar-refractivity contribution in [1.29, 1.82) is 0 Å². The van der Waals surface area contributed by atoms with E-state index in [1.807, 2.05) is 0 Å². The predicted molar refractivity (Wildman–Crippen MR) is 46.1 cm³/mol. The molecule has 1 aliphatic rings. The summed E-state index contributed by atoms with van der Waals surface area (Å²) < 4.78 is 18.0. The van der Waals surface area contributed by atoms with Gasteiger partial charge in [0.05, 0.1) is 6.20 Å². The van der Waals surface area contributed by atoms with E-state index >= 15 is 0 Å². The molecule has 0 spiro atoms. The van der Waals surface area contributed by atoms with Gasteiger partial charge in [0.2, 0.25) is 5.88 Å². The first-order valence-electron chi connectivity index (χ1n) is 4.33. The van der Waals surface area contributed by atoms with E-state index in [1.165, 1.54) is 6.07 Å². The summed E-state index contributed by atoms with van der Waals surface area (Å²) in [6.07, 6.45) is 2.33. The van der Waals surface area contributed by atoms with Gasteiger partial charge in [-0.25, -0.2) is 9.37 Å². The smallest absolute Gasteiger partial charge is 0.213 e. The highest BCUT2D eigenvalue weighted by Crippen LogP contribution is 2.11. The molecule has 1 atom stereocenters. The van der Waals surface area contributed by atoms with Crippen LogP contribution in [0.2, 0.25) is 0 Å². The summed E-state index contributed by atoms with van der Waals surface area (Å²) in [5.41, 5.74) is 0. The van der Waals surface area contributed by atoms with Crippen LogP contribution in [0, 0.1) is 5.82 Å². The Morgan fingerprint density at radius 3 is 3.08 bits per heavy atom. The molecule has 2 rings (SSSR count). The third kappa shape index (κ3) is 2.15. The number of nitrogens with zero attached hydrogens (tertiary/aromatic N) is 1. The quantitative estimate of drug-likeness (QED) is 0.739. The van der Waals surface area contributed by atoms with Crippen molar-refractivity contribution in [3.8, 4) is 5.88 Å². The molecule has 1 N–H and O–H groups in total.